The molecule has 0 bridgehead atoms. The molecule has 0 saturated heterocycles. The number of nitro benzene ring substituents is 1. The van der Waals surface area contributed by atoms with E-state index < -0.39 is 10.8 Å². The van der Waals surface area contributed by atoms with Crippen LogP contribution in [0.25, 0.3) is 0 Å². The van der Waals surface area contributed by atoms with Gasteiger partial charge in [-0.15, -0.1) is 0 Å². The van der Waals surface area contributed by atoms with Crippen molar-refractivity contribution in [2.45, 2.75) is 31.7 Å². The van der Waals surface area contributed by atoms with Gasteiger partial charge in [-0.25, -0.2) is 0 Å². The van der Waals surface area contributed by atoms with Crippen LogP contribution >= 0.6 is 0 Å². The smallest absolute Gasteiger partial charge is 0.271 e. The fraction of sp³-hybridized carbons (Fsp3) is 0.400. The largest absolute Gasteiger partial charge is 0.386 e. The molecular formula is C15H18N4O5. The van der Waals surface area contributed by atoms with E-state index in [1.807, 2.05) is 0 Å². The molecule has 1 saturated carbocycles. The number of non-ortho nitro benzene ring substituents is 1. The fourth-order valence-electron chi connectivity index (χ4n) is 2.39. The zero-order chi connectivity index (χ0) is 17.4. The lowest BCUT2D eigenvalue weighted by atomic mass is 10.2. The SMILES string of the molecule is O=C(/C=N\OCC(=O)NC1CCCC1)Nc1cccc([N+](=O)[O-])c1. The Balaban J connectivity index is 1.71. The first-order valence-electron chi connectivity index (χ1n) is 7.55. The summed E-state index contributed by atoms with van der Waals surface area (Å²) in [6, 6.07) is 5.70. The van der Waals surface area contributed by atoms with E-state index in [0.29, 0.717) is 0 Å². The molecule has 1 aliphatic carbocycles. The van der Waals surface area contributed by atoms with E-state index in [9.17, 15) is 19.7 Å². The zero-order valence-electron chi connectivity index (χ0n) is 12.9. The van der Waals surface area contributed by atoms with E-state index in [1.54, 1.807) is 0 Å². The van der Waals surface area contributed by atoms with Gasteiger partial charge in [-0.3, -0.25) is 19.7 Å². The van der Waals surface area contributed by atoms with E-state index in [2.05, 4.69) is 15.8 Å². The number of nitro groups is 1. The van der Waals surface area contributed by atoms with Gasteiger partial charge in [0.05, 0.1) is 4.92 Å². The van der Waals surface area contributed by atoms with Crippen molar-refractivity contribution in [1.82, 2.24) is 5.32 Å². The Hall–Kier alpha value is -2.97. The molecule has 1 fully saturated rings. The van der Waals surface area contributed by atoms with Crippen LogP contribution in [0.4, 0.5) is 11.4 Å². The molecule has 2 rings (SSSR count). The standard InChI is InChI=1S/C15H18N4O5/c20-14(18-12-6-3-7-13(8-12)19(22)23)9-16-24-10-15(21)17-11-4-1-2-5-11/h3,6-9,11H,1-2,4-5,10H2,(H,17,21)(H,18,20)/b16-9-. The average Bonchev–Trinajstić information content (AvgIpc) is 3.04. The molecule has 0 heterocycles. The maximum atomic E-state index is 11.6. The molecule has 0 radical (unpaired) electrons. The van der Waals surface area contributed by atoms with Gasteiger partial charge in [0.25, 0.3) is 17.5 Å². The minimum absolute atomic E-state index is 0.135. The molecule has 1 aliphatic rings. The normalized spacial score (nSPS) is 14.5. The lowest BCUT2D eigenvalue weighted by Gasteiger charge is -2.10. The van der Waals surface area contributed by atoms with Crippen molar-refractivity contribution in [2.24, 2.45) is 5.16 Å². The van der Waals surface area contributed by atoms with Crippen LogP contribution in [0.3, 0.4) is 0 Å². The highest BCUT2D eigenvalue weighted by Gasteiger charge is 2.17. The Morgan fingerprint density at radius 2 is 2.12 bits per heavy atom. The maximum Gasteiger partial charge on any atom is 0.271 e. The molecule has 128 valence electrons. The van der Waals surface area contributed by atoms with Gasteiger partial charge in [-0.1, -0.05) is 24.1 Å². The molecule has 1 aromatic carbocycles. The summed E-state index contributed by atoms with van der Waals surface area (Å²) in [6.45, 7) is -0.267. The quantitative estimate of drug-likeness (QED) is 0.445. The molecule has 1 aromatic rings. The van der Waals surface area contributed by atoms with Gasteiger partial charge in [0, 0.05) is 23.9 Å². The van der Waals surface area contributed by atoms with Crippen LogP contribution in [0.2, 0.25) is 0 Å². The summed E-state index contributed by atoms with van der Waals surface area (Å²) >= 11 is 0. The lowest BCUT2D eigenvalue weighted by Crippen LogP contribution is -2.35. The minimum Gasteiger partial charge on any atom is -0.386 e. The Bertz CT molecular complexity index is 641. The van der Waals surface area contributed by atoms with Gasteiger partial charge in [0.2, 0.25) is 0 Å². The minimum atomic E-state index is -0.619. The van der Waals surface area contributed by atoms with E-state index in [1.165, 1.54) is 24.3 Å². The number of nitrogens with one attached hydrogen (secondary N) is 2. The van der Waals surface area contributed by atoms with E-state index in [-0.39, 0.29) is 29.9 Å². The predicted octanol–water partition coefficient (Wildman–Crippen LogP) is 1.59. The third-order valence-corrected chi connectivity index (χ3v) is 3.48. The molecular weight excluding hydrogens is 316 g/mol. The molecule has 0 spiro atoms. The van der Waals surface area contributed by atoms with Crippen molar-refractivity contribution >= 4 is 29.4 Å². The molecule has 9 nitrogen and oxygen atoms in total. The highest BCUT2D eigenvalue weighted by Crippen LogP contribution is 2.17. The topological polar surface area (TPSA) is 123 Å². The first-order chi connectivity index (χ1) is 11.5. The highest BCUT2D eigenvalue weighted by atomic mass is 16.6. The molecule has 2 N–H and O–H groups in total. The second-order valence-electron chi connectivity index (χ2n) is 5.35. The number of hydrogen-bond donors (Lipinski definition) is 2. The van der Waals surface area contributed by atoms with Crippen LogP contribution in [0.1, 0.15) is 25.7 Å². The van der Waals surface area contributed by atoms with Gasteiger partial charge in [-0.2, -0.15) is 0 Å². The number of anilines is 1. The van der Waals surface area contributed by atoms with Gasteiger partial charge >= 0.3 is 0 Å². The van der Waals surface area contributed by atoms with Crippen molar-refractivity contribution in [3.05, 3.63) is 34.4 Å². The molecule has 0 atom stereocenters. The van der Waals surface area contributed by atoms with Crippen molar-refractivity contribution < 1.29 is 19.3 Å². The lowest BCUT2D eigenvalue weighted by molar-refractivity contribution is -0.384. The summed E-state index contributed by atoms with van der Waals surface area (Å²) in [5.41, 5.74) is 0.129. The van der Waals surface area contributed by atoms with Crippen LogP contribution in [-0.4, -0.2) is 35.6 Å². The zero-order valence-corrected chi connectivity index (χ0v) is 12.9. The van der Waals surface area contributed by atoms with Crippen molar-refractivity contribution in [2.75, 3.05) is 11.9 Å². The molecule has 0 aliphatic heterocycles. The molecule has 9 heteroatoms. The summed E-state index contributed by atoms with van der Waals surface area (Å²) in [7, 11) is 0. The summed E-state index contributed by atoms with van der Waals surface area (Å²) in [5, 5.41) is 19.3. The van der Waals surface area contributed by atoms with Crippen LogP contribution in [-0.2, 0) is 14.4 Å². The number of nitrogens with zero attached hydrogens (tertiary/aromatic N) is 2. The second-order valence-corrected chi connectivity index (χ2v) is 5.35. The van der Waals surface area contributed by atoms with Crippen molar-refractivity contribution in [3.8, 4) is 0 Å². The number of carbonyl (C=O) groups excluding carboxylic acids is 2. The van der Waals surface area contributed by atoms with Crippen molar-refractivity contribution in [3.63, 3.8) is 0 Å². The number of hydrogen-bond acceptors (Lipinski definition) is 6. The average molecular weight is 334 g/mol. The van der Waals surface area contributed by atoms with Crippen molar-refractivity contribution in [1.29, 1.82) is 0 Å². The number of amides is 2. The number of carbonyl (C=O) groups is 2. The number of benzene rings is 1. The Morgan fingerprint density at radius 3 is 2.83 bits per heavy atom. The molecule has 2 amide bonds. The van der Waals surface area contributed by atoms with E-state index in [4.69, 9.17) is 4.84 Å². The van der Waals surface area contributed by atoms with Crippen LogP contribution in [0.15, 0.2) is 29.4 Å². The maximum absolute atomic E-state index is 11.6. The van der Waals surface area contributed by atoms with Gasteiger partial charge in [0.1, 0.15) is 6.21 Å². The fourth-order valence-corrected chi connectivity index (χ4v) is 2.39. The molecule has 0 unspecified atom stereocenters. The monoisotopic (exact) mass is 334 g/mol. The Kier molecular flexibility index (Phi) is 6.23. The van der Waals surface area contributed by atoms with Gasteiger partial charge in [0.15, 0.2) is 6.61 Å². The third kappa shape index (κ3) is 5.67. The highest BCUT2D eigenvalue weighted by molar-refractivity contribution is 6.31. The van der Waals surface area contributed by atoms with Crippen LogP contribution in [0, 0.1) is 10.1 Å². The van der Waals surface area contributed by atoms with Crippen LogP contribution in [0.5, 0.6) is 0 Å². The molecule has 0 aromatic heterocycles. The number of oxime groups is 1. The Morgan fingerprint density at radius 1 is 1.38 bits per heavy atom. The predicted molar refractivity (Wildman–Crippen MR) is 86.6 cm³/mol. The summed E-state index contributed by atoms with van der Waals surface area (Å²) < 4.78 is 0. The van der Waals surface area contributed by atoms with E-state index in [0.717, 1.165) is 31.9 Å². The van der Waals surface area contributed by atoms with E-state index >= 15 is 0 Å². The van der Waals surface area contributed by atoms with Gasteiger partial charge < -0.3 is 15.5 Å². The number of rotatable bonds is 7. The summed E-state index contributed by atoms with van der Waals surface area (Å²) in [5.74, 6) is -0.898. The third-order valence-electron chi connectivity index (χ3n) is 3.48. The Labute approximate surface area is 138 Å². The molecule has 24 heavy (non-hydrogen) atoms. The summed E-state index contributed by atoms with van der Waals surface area (Å²) in [6.07, 6.45) is 5.03. The van der Waals surface area contributed by atoms with Crippen LogP contribution < -0.4 is 10.6 Å². The first kappa shape index (κ1) is 17.4. The second kappa shape index (κ2) is 8.61. The first-order valence-corrected chi connectivity index (χ1v) is 7.55. The summed E-state index contributed by atoms with van der Waals surface area (Å²) in [4.78, 5) is 38.0. The van der Waals surface area contributed by atoms with Gasteiger partial charge in [-0.05, 0) is 18.9 Å².